The van der Waals surface area contributed by atoms with Gasteiger partial charge in [-0.05, 0) is 43.7 Å². The maximum atomic E-state index is 12.3. The molecule has 0 saturated heterocycles. The van der Waals surface area contributed by atoms with Crippen LogP contribution in [0.25, 0.3) is 10.8 Å². The van der Waals surface area contributed by atoms with Gasteiger partial charge in [-0.2, -0.15) is 0 Å². The fraction of sp³-hybridized carbons (Fsp3) is 0.250. The highest BCUT2D eigenvalue weighted by Gasteiger charge is 2.18. The standard InChI is InChI=1S/C20H21ClN2O2S/c1-23(2)16(17-9-5-11-25-17)12-22-19(24)13-26-18-10-4-7-14-6-3-8-15(21)20(14)18/h3-11,16H,12-13H2,1-2H3,(H,22,24). The van der Waals surface area contributed by atoms with Crippen LogP contribution in [-0.4, -0.2) is 37.2 Å². The van der Waals surface area contributed by atoms with Gasteiger partial charge in [0.1, 0.15) is 5.76 Å². The second kappa shape index (κ2) is 8.62. The van der Waals surface area contributed by atoms with E-state index in [9.17, 15) is 4.79 Å². The van der Waals surface area contributed by atoms with Crippen molar-refractivity contribution in [1.29, 1.82) is 0 Å². The Balaban J connectivity index is 1.61. The summed E-state index contributed by atoms with van der Waals surface area (Å²) in [5.74, 6) is 1.16. The summed E-state index contributed by atoms with van der Waals surface area (Å²) in [6.45, 7) is 0.496. The van der Waals surface area contributed by atoms with Gasteiger partial charge in [0.05, 0.1) is 18.1 Å². The van der Waals surface area contributed by atoms with Gasteiger partial charge in [-0.3, -0.25) is 9.69 Å². The summed E-state index contributed by atoms with van der Waals surface area (Å²) in [5, 5.41) is 5.77. The number of benzene rings is 2. The molecule has 3 rings (SSSR count). The predicted molar refractivity (Wildman–Crippen MR) is 108 cm³/mol. The topological polar surface area (TPSA) is 45.5 Å². The summed E-state index contributed by atoms with van der Waals surface area (Å²) in [4.78, 5) is 15.4. The molecule has 1 N–H and O–H groups in total. The van der Waals surface area contributed by atoms with Gasteiger partial charge in [-0.15, -0.1) is 11.8 Å². The molecule has 2 aromatic carbocycles. The third kappa shape index (κ3) is 4.41. The van der Waals surface area contributed by atoms with Crippen LogP contribution < -0.4 is 5.32 Å². The van der Waals surface area contributed by atoms with Crippen LogP contribution in [0.1, 0.15) is 11.8 Å². The lowest BCUT2D eigenvalue weighted by Gasteiger charge is -2.22. The third-order valence-corrected chi connectivity index (χ3v) is 5.53. The Bertz CT molecular complexity index is 875. The summed E-state index contributed by atoms with van der Waals surface area (Å²) < 4.78 is 5.47. The van der Waals surface area contributed by atoms with E-state index in [0.29, 0.717) is 17.3 Å². The van der Waals surface area contributed by atoms with Crippen molar-refractivity contribution in [3.05, 3.63) is 65.6 Å². The number of fused-ring (bicyclic) bond motifs is 1. The van der Waals surface area contributed by atoms with Gasteiger partial charge in [-0.25, -0.2) is 0 Å². The van der Waals surface area contributed by atoms with E-state index in [0.717, 1.165) is 21.4 Å². The molecule has 1 heterocycles. The molecule has 0 fully saturated rings. The Morgan fingerprint density at radius 1 is 1.19 bits per heavy atom. The number of likely N-dealkylation sites (N-methyl/N-ethyl adjacent to an activating group) is 1. The summed E-state index contributed by atoms with van der Waals surface area (Å²) >= 11 is 7.84. The maximum Gasteiger partial charge on any atom is 0.230 e. The molecule has 0 bridgehead atoms. The van der Waals surface area contributed by atoms with Gasteiger partial charge in [-0.1, -0.05) is 35.9 Å². The molecule has 0 saturated carbocycles. The highest BCUT2D eigenvalue weighted by Crippen LogP contribution is 2.33. The average Bonchev–Trinajstić information content (AvgIpc) is 3.14. The van der Waals surface area contributed by atoms with E-state index in [-0.39, 0.29) is 11.9 Å². The van der Waals surface area contributed by atoms with E-state index >= 15 is 0 Å². The molecule has 4 nitrogen and oxygen atoms in total. The van der Waals surface area contributed by atoms with Crippen LogP contribution in [0.15, 0.2) is 64.1 Å². The lowest BCUT2D eigenvalue weighted by Crippen LogP contribution is -2.35. The summed E-state index contributed by atoms with van der Waals surface area (Å²) in [5.41, 5.74) is 0. The highest BCUT2D eigenvalue weighted by molar-refractivity contribution is 8.00. The van der Waals surface area contributed by atoms with Crippen LogP contribution in [-0.2, 0) is 4.79 Å². The second-order valence-electron chi connectivity index (χ2n) is 6.18. The molecule has 26 heavy (non-hydrogen) atoms. The fourth-order valence-corrected chi connectivity index (χ4v) is 4.08. The largest absolute Gasteiger partial charge is 0.468 e. The van der Waals surface area contributed by atoms with Gasteiger partial charge in [0.25, 0.3) is 0 Å². The maximum absolute atomic E-state index is 12.3. The zero-order valence-electron chi connectivity index (χ0n) is 14.7. The molecule has 1 amide bonds. The van der Waals surface area contributed by atoms with Gasteiger partial charge in [0.2, 0.25) is 5.91 Å². The zero-order valence-corrected chi connectivity index (χ0v) is 16.3. The highest BCUT2D eigenvalue weighted by atomic mass is 35.5. The van der Waals surface area contributed by atoms with Gasteiger partial charge < -0.3 is 9.73 Å². The molecule has 0 aliphatic heterocycles. The minimum atomic E-state index is -0.0162. The minimum absolute atomic E-state index is 0.00551. The number of furan rings is 1. The smallest absolute Gasteiger partial charge is 0.230 e. The van der Waals surface area contributed by atoms with Crippen LogP contribution in [0.3, 0.4) is 0 Å². The van der Waals surface area contributed by atoms with E-state index in [1.54, 1.807) is 6.26 Å². The molecular formula is C20H21ClN2O2S. The van der Waals surface area contributed by atoms with Crippen LogP contribution in [0.5, 0.6) is 0 Å². The van der Waals surface area contributed by atoms with E-state index in [1.165, 1.54) is 11.8 Å². The minimum Gasteiger partial charge on any atom is -0.468 e. The number of nitrogens with one attached hydrogen (secondary N) is 1. The second-order valence-corrected chi connectivity index (χ2v) is 7.61. The molecule has 6 heteroatoms. The van der Waals surface area contributed by atoms with Gasteiger partial charge in [0, 0.05) is 21.8 Å². The van der Waals surface area contributed by atoms with E-state index in [4.69, 9.17) is 16.0 Å². The Hall–Kier alpha value is -1.95. The number of halogens is 1. The van der Waals surface area contributed by atoms with Gasteiger partial charge >= 0.3 is 0 Å². The molecule has 0 spiro atoms. The van der Waals surface area contributed by atoms with Crippen molar-refractivity contribution in [2.75, 3.05) is 26.4 Å². The monoisotopic (exact) mass is 388 g/mol. The van der Waals surface area contributed by atoms with Gasteiger partial charge in [0.15, 0.2) is 0 Å². The van der Waals surface area contributed by atoms with Crippen molar-refractivity contribution < 1.29 is 9.21 Å². The normalized spacial score (nSPS) is 12.5. The molecule has 1 atom stereocenters. The molecule has 136 valence electrons. The van der Waals surface area contributed by atoms with E-state index < -0.39 is 0 Å². The lowest BCUT2D eigenvalue weighted by atomic mass is 10.1. The summed E-state index contributed by atoms with van der Waals surface area (Å²) in [6.07, 6.45) is 1.65. The Morgan fingerprint density at radius 2 is 1.96 bits per heavy atom. The van der Waals surface area contributed by atoms with Crippen LogP contribution >= 0.6 is 23.4 Å². The number of nitrogens with zero attached hydrogens (tertiary/aromatic N) is 1. The SMILES string of the molecule is CN(C)C(CNC(=O)CSc1cccc2cccc(Cl)c12)c1ccco1. The first-order chi connectivity index (χ1) is 12.6. The van der Waals surface area contributed by atoms with Crippen molar-refractivity contribution >= 4 is 40.0 Å². The number of amides is 1. The fourth-order valence-electron chi connectivity index (χ4n) is 2.81. The van der Waals surface area contributed by atoms with E-state index in [1.807, 2.05) is 67.5 Å². The van der Waals surface area contributed by atoms with Crippen LogP contribution in [0.4, 0.5) is 0 Å². The number of carbonyl (C=O) groups excluding carboxylic acids is 1. The number of rotatable bonds is 7. The van der Waals surface area contributed by atoms with Crippen LogP contribution in [0, 0.1) is 0 Å². The first-order valence-electron chi connectivity index (χ1n) is 8.33. The van der Waals surface area contributed by atoms with Crippen LogP contribution in [0.2, 0.25) is 5.02 Å². The molecule has 0 radical (unpaired) electrons. The van der Waals surface area contributed by atoms with Crippen molar-refractivity contribution in [3.8, 4) is 0 Å². The quantitative estimate of drug-likeness (QED) is 0.601. The molecule has 1 aromatic heterocycles. The van der Waals surface area contributed by atoms with Crippen molar-refractivity contribution in [1.82, 2.24) is 10.2 Å². The average molecular weight is 389 g/mol. The van der Waals surface area contributed by atoms with Crippen molar-refractivity contribution in [2.24, 2.45) is 0 Å². The number of thioether (sulfide) groups is 1. The molecular weight excluding hydrogens is 368 g/mol. The molecule has 3 aromatic rings. The number of hydrogen-bond donors (Lipinski definition) is 1. The molecule has 0 aliphatic carbocycles. The van der Waals surface area contributed by atoms with Crippen molar-refractivity contribution in [2.45, 2.75) is 10.9 Å². The predicted octanol–water partition coefficient (Wildman–Crippen LogP) is 4.60. The zero-order chi connectivity index (χ0) is 18.5. The number of carbonyl (C=O) groups is 1. The summed E-state index contributed by atoms with van der Waals surface area (Å²) in [6, 6.07) is 15.6. The Morgan fingerprint density at radius 3 is 2.65 bits per heavy atom. The first-order valence-corrected chi connectivity index (χ1v) is 9.69. The first kappa shape index (κ1) is 18.8. The molecule has 0 aliphatic rings. The lowest BCUT2D eigenvalue weighted by molar-refractivity contribution is -0.118. The Labute approximate surface area is 162 Å². The number of hydrogen-bond acceptors (Lipinski definition) is 4. The molecule has 1 unspecified atom stereocenters. The van der Waals surface area contributed by atoms with E-state index in [2.05, 4.69) is 5.32 Å². The third-order valence-electron chi connectivity index (χ3n) is 4.16. The van der Waals surface area contributed by atoms with Crippen molar-refractivity contribution in [3.63, 3.8) is 0 Å². The summed E-state index contributed by atoms with van der Waals surface area (Å²) in [7, 11) is 3.93. The Kier molecular flexibility index (Phi) is 6.25.